The molecule has 0 saturated heterocycles. The van der Waals surface area contributed by atoms with Crippen molar-refractivity contribution in [2.75, 3.05) is 5.32 Å². The molecule has 2 amide bonds. The molecule has 3 nitrogen and oxygen atoms in total. The molecule has 0 spiro atoms. The first-order valence-corrected chi connectivity index (χ1v) is 6.77. The zero-order valence-corrected chi connectivity index (χ0v) is 11.2. The highest BCUT2D eigenvalue weighted by Gasteiger charge is 2.20. The normalized spacial score (nSPS) is 23.4. The van der Waals surface area contributed by atoms with Gasteiger partial charge in [0.25, 0.3) is 0 Å². The highest BCUT2D eigenvalue weighted by atomic mass is 16.2. The van der Waals surface area contributed by atoms with E-state index in [4.69, 9.17) is 0 Å². The molecule has 3 heteroatoms. The van der Waals surface area contributed by atoms with E-state index in [0.29, 0.717) is 6.04 Å². The Bertz CT molecular complexity index is 417. The van der Waals surface area contributed by atoms with Crippen molar-refractivity contribution in [1.29, 1.82) is 0 Å². The van der Waals surface area contributed by atoms with E-state index < -0.39 is 0 Å². The Labute approximate surface area is 109 Å². The minimum absolute atomic E-state index is 0.0836. The maximum absolute atomic E-state index is 11.9. The van der Waals surface area contributed by atoms with Crippen LogP contribution in [0.5, 0.6) is 0 Å². The summed E-state index contributed by atoms with van der Waals surface area (Å²) in [6, 6.07) is 8.11. The molecule has 0 aliphatic heterocycles. The largest absolute Gasteiger partial charge is 0.335 e. The van der Waals surface area contributed by atoms with Gasteiger partial charge in [0, 0.05) is 11.7 Å². The first-order chi connectivity index (χ1) is 8.63. The molecule has 1 aromatic carbocycles. The predicted molar refractivity (Wildman–Crippen MR) is 74.8 cm³/mol. The molecule has 2 rings (SSSR count). The first kappa shape index (κ1) is 12.9. The number of aryl methyl sites for hydroxylation is 1. The van der Waals surface area contributed by atoms with Crippen LogP contribution in [-0.2, 0) is 0 Å². The zero-order valence-electron chi connectivity index (χ0n) is 11.2. The van der Waals surface area contributed by atoms with Crippen molar-refractivity contribution >= 4 is 11.7 Å². The van der Waals surface area contributed by atoms with Crippen molar-refractivity contribution in [2.45, 2.75) is 45.6 Å². The van der Waals surface area contributed by atoms with E-state index in [1.807, 2.05) is 31.2 Å². The predicted octanol–water partition coefficient (Wildman–Crippen LogP) is 3.70. The number of nitrogens with one attached hydrogen (secondary N) is 2. The molecule has 18 heavy (non-hydrogen) atoms. The molecule has 0 aromatic heterocycles. The summed E-state index contributed by atoms with van der Waals surface area (Å²) in [5, 5.41) is 5.96. The van der Waals surface area contributed by atoms with Crippen LogP contribution in [0.2, 0.25) is 0 Å². The topological polar surface area (TPSA) is 41.1 Å². The Morgan fingerprint density at radius 3 is 2.89 bits per heavy atom. The van der Waals surface area contributed by atoms with Crippen molar-refractivity contribution in [1.82, 2.24) is 5.32 Å². The van der Waals surface area contributed by atoms with Crippen molar-refractivity contribution < 1.29 is 4.79 Å². The van der Waals surface area contributed by atoms with Gasteiger partial charge in [-0.15, -0.1) is 0 Å². The van der Waals surface area contributed by atoms with Crippen molar-refractivity contribution in [3.8, 4) is 0 Å². The molecule has 0 unspecified atom stereocenters. The average molecular weight is 246 g/mol. The molecule has 98 valence electrons. The Morgan fingerprint density at radius 2 is 2.17 bits per heavy atom. The summed E-state index contributed by atoms with van der Waals surface area (Å²) in [7, 11) is 0. The lowest BCUT2D eigenvalue weighted by Crippen LogP contribution is -2.40. The molecule has 1 fully saturated rings. The Balaban J connectivity index is 1.85. The summed E-state index contributed by atoms with van der Waals surface area (Å²) < 4.78 is 0. The van der Waals surface area contributed by atoms with Gasteiger partial charge < -0.3 is 10.6 Å². The van der Waals surface area contributed by atoms with E-state index in [1.165, 1.54) is 12.8 Å². The summed E-state index contributed by atoms with van der Waals surface area (Å²) in [6.45, 7) is 4.28. The lowest BCUT2D eigenvalue weighted by molar-refractivity contribution is 0.238. The maximum atomic E-state index is 11.9. The van der Waals surface area contributed by atoms with Gasteiger partial charge in [0.2, 0.25) is 0 Å². The smallest absolute Gasteiger partial charge is 0.319 e. The molecule has 0 bridgehead atoms. The summed E-state index contributed by atoms with van der Waals surface area (Å²) in [5.74, 6) is 0.725. The van der Waals surface area contributed by atoms with Crippen molar-refractivity contribution in [3.63, 3.8) is 0 Å². The fourth-order valence-electron chi connectivity index (χ4n) is 2.64. The third-order valence-corrected chi connectivity index (χ3v) is 3.55. The second kappa shape index (κ2) is 5.89. The molecule has 0 heterocycles. The number of hydrogen-bond donors (Lipinski definition) is 2. The van der Waals surface area contributed by atoms with Crippen LogP contribution in [0.3, 0.4) is 0 Å². The van der Waals surface area contributed by atoms with Gasteiger partial charge >= 0.3 is 6.03 Å². The molecule has 1 aliphatic rings. The number of hydrogen-bond acceptors (Lipinski definition) is 1. The third-order valence-electron chi connectivity index (χ3n) is 3.55. The van der Waals surface area contributed by atoms with Gasteiger partial charge in [0.1, 0.15) is 0 Å². The zero-order chi connectivity index (χ0) is 13.0. The molecule has 1 aliphatic carbocycles. The number of benzene rings is 1. The quantitative estimate of drug-likeness (QED) is 0.821. The van der Waals surface area contributed by atoms with Gasteiger partial charge in [-0.1, -0.05) is 31.9 Å². The number of carbonyl (C=O) groups is 1. The van der Waals surface area contributed by atoms with E-state index in [-0.39, 0.29) is 6.03 Å². The molecule has 0 radical (unpaired) electrons. The van der Waals surface area contributed by atoms with Crippen LogP contribution in [-0.4, -0.2) is 12.1 Å². The van der Waals surface area contributed by atoms with Crippen LogP contribution in [0.15, 0.2) is 24.3 Å². The lowest BCUT2D eigenvalue weighted by atomic mass is 9.87. The number of amides is 2. The van der Waals surface area contributed by atoms with Gasteiger partial charge in [-0.3, -0.25) is 0 Å². The van der Waals surface area contributed by atoms with Crippen LogP contribution in [0.25, 0.3) is 0 Å². The second-order valence-corrected chi connectivity index (χ2v) is 5.44. The SMILES string of the molecule is Cc1cccc(NC(=O)N[C@H]2CCC[C@H](C)C2)c1. The van der Waals surface area contributed by atoms with Crippen LogP contribution in [0.4, 0.5) is 10.5 Å². The summed E-state index contributed by atoms with van der Waals surface area (Å²) >= 11 is 0. The fraction of sp³-hybridized carbons (Fsp3) is 0.533. The van der Waals surface area contributed by atoms with Gasteiger partial charge in [-0.2, -0.15) is 0 Å². The minimum atomic E-state index is -0.0836. The number of carbonyl (C=O) groups excluding carboxylic acids is 1. The highest BCUT2D eigenvalue weighted by molar-refractivity contribution is 5.89. The monoisotopic (exact) mass is 246 g/mol. The Kier molecular flexibility index (Phi) is 4.24. The molecule has 2 N–H and O–H groups in total. The van der Waals surface area contributed by atoms with Crippen LogP contribution in [0.1, 0.15) is 38.2 Å². The van der Waals surface area contributed by atoms with E-state index in [2.05, 4.69) is 17.6 Å². The Morgan fingerprint density at radius 1 is 1.33 bits per heavy atom. The van der Waals surface area contributed by atoms with Gasteiger partial charge in [0.15, 0.2) is 0 Å². The van der Waals surface area contributed by atoms with E-state index >= 15 is 0 Å². The summed E-state index contributed by atoms with van der Waals surface area (Å²) in [6.07, 6.45) is 4.71. The Hall–Kier alpha value is -1.51. The van der Waals surface area contributed by atoms with Crippen LogP contribution < -0.4 is 10.6 Å². The average Bonchev–Trinajstić information content (AvgIpc) is 2.28. The first-order valence-electron chi connectivity index (χ1n) is 6.77. The molecule has 1 saturated carbocycles. The van der Waals surface area contributed by atoms with Gasteiger partial charge in [-0.25, -0.2) is 4.79 Å². The number of rotatable bonds is 2. The van der Waals surface area contributed by atoms with Crippen LogP contribution in [0, 0.1) is 12.8 Å². The summed E-state index contributed by atoms with van der Waals surface area (Å²) in [4.78, 5) is 11.9. The van der Waals surface area contributed by atoms with Crippen LogP contribution >= 0.6 is 0 Å². The van der Waals surface area contributed by atoms with Crippen molar-refractivity contribution in [2.24, 2.45) is 5.92 Å². The van der Waals surface area contributed by atoms with E-state index in [0.717, 1.165) is 30.0 Å². The lowest BCUT2D eigenvalue weighted by Gasteiger charge is -2.27. The standard InChI is InChI=1S/C15H22N2O/c1-11-5-3-7-13(9-11)16-15(18)17-14-8-4-6-12(2)10-14/h3,5,7,9,12,14H,4,6,8,10H2,1-2H3,(H2,16,17,18)/t12-,14-/m0/s1. The van der Waals surface area contributed by atoms with E-state index in [1.54, 1.807) is 0 Å². The number of urea groups is 1. The minimum Gasteiger partial charge on any atom is -0.335 e. The molecular weight excluding hydrogens is 224 g/mol. The molecule has 1 aromatic rings. The molecule has 2 atom stereocenters. The van der Waals surface area contributed by atoms with Crippen molar-refractivity contribution in [3.05, 3.63) is 29.8 Å². The molecular formula is C15H22N2O. The second-order valence-electron chi connectivity index (χ2n) is 5.44. The van der Waals surface area contributed by atoms with Gasteiger partial charge in [-0.05, 0) is 43.4 Å². The highest BCUT2D eigenvalue weighted by Crippen LogP contribution is 2.23. The van der Waals surface area contributed by atoms with E-state index in [9.17, 15) is 4.79 Å². The maximum Gasteiger partial charge on any atom is 0.319 e. The summed E-state index contributed by atoms with van der Waals surface area (Å²) in [5.41, 5.74) is 2.01. The fourth-order valence-corrected chi connectivity index (χ4v) is 2.64. The third kappa shape index (κ3) is 3.76. The number of anilines is 1. The van der Waals surface area contributed by atoms with Gasteiger partial charge in [0.05, 0.1) is 0 Å².